The lowest BCUT2D eigenvalue weighted by Gasteiger charge is -2.06. The van der Waals surface area contributed by atoms with E-state index in [0.717, 1.165) is 6.20 Å². The highest BCUT2D eigenvalue weighted by Crippen LogP contribution is 2.33. The van der Waals surface area contributed by atoms with Gasteiger partial charge in [-0.05, 0) is 44.1 Å². The second-order valence-corrected chi connectivity index (χ2v) is 4.06. The van der Waals surface area contributed by atoms with Gasteiger partial charge in [0.25, 0.3) is 11.7 Å². The summed E-state index contributed by atoms with van der Waals surface area (Å²) in [6.45, 7) is 0. The molecule has 0 aliphatic heterocycles. The van der Waals surface area contributed by atoms with Crippen molar-refractivity contribution < 1.29 is 18.5 Å². The third kappa shape index (κ3) is 2.43. The lowest BCUT2D eigenvalue weighted by atomic mass is 10.1. The second-order valence-electron chi connectivity index (χ2n) is 2.55. The van der Waals surface area contributed by atoms with Crippen LogP contribution in [0.4, 0.5) is 14.6 Å². The molecule has 0 aromatic carbocycles. The van der Waals surface area contributed by atoms with Crippen LogP contribution in [0.25, 0.3) is 0 Å². The molecule has 0 aliphatic carbocycles. The summed E-state index contributed by atoms with van der Waals surface area (Å²) < 4.78 is 25.2. The Morgan fingerprint density at radius 2 is 2.19 bits per heavy atom. The molecule has 1 rings (SSSR count). The zero-order valence-corrected chi connectivity index (χ0v) is 10.2. The zero-order chi connectivity index (χ0) is 12.5. The van der Waals surface area contributed by atoms with Crippen molar-refractivity contribution >= 4 is 45.3 Å². The Balaban J connectivity index is 3.63. The molecule has 0 fully saturated rings. The van der Waals surface area contributed by atoms with E-state index in [-0.39, 0.29) is 3.57 Å². The number of nitrogens with zero attached hydrogens (tertiary/aromatic N) is 2. The van der Waals surface area contributed by atoms with Gasteiger partial charge in [-0.3, -0.25) is 4.79 Å². The summed E-state index contributed by atoms with van der Waals surface area (Å²) in [7, 11) is 0. The van der Waals surface area contributed by atoms with Gasteiger partial charge in [0.05, 0.1) is 9.13 Å². The van der Waals surface area contributed by atoms with Crippen molar-refractivity contribution in [3.8, 4) is 0 Å². The number of pyridine rings is 1. The number of rotatable bonds is 3. The summed E-state index contributed by atoms with van der Waals surface area (Å²) in [5, 5.41) is 9.17. The summed E-state index contributed by atoms with van der Waals surface area (Å²) in [6, 6.07) is 0. The van der Waals surface area contributed by atoms with Crippen LogP contribution >= 0.6 is 34.2 Å². The van der Waals surface area contributed by atoms with Crippen molar-refractivity contribution in [3.63, 3.8) is 0 Å². The Kier molecular flexibility index (Phi) is 4.08. The first-order valence-corrected chi connectivity index (χ1v) is 5.12. The van der Waals surface area contributed by atoms with Gasteiger partial charge >= 0.3 is 5.82 Å². The van der Waals surface area contributed by atoms with Crippen LogP contribution in [0.1, 0.15) is 22.3 Å². The molecule has 9 heteroatoms. The zero-order valence-electron chi connectivity index (χ0n) is 7.29. The fourth-order valence-corrected chi connectivity index (χ4v) is 1.87. The van der Waals surface area contributed by atoms with E-state index in [0.29, 0.717) is 0 Å². The lowest BCUT2D eigenvalue weighted by molar-refractivity contribution is -0.389. The number of carbonyl (C=O) groups excluding carboxylic acids is 1. The van der Waals surface area contributed by atoms with E-state index in [4.69, 9.17) is 11.6 Å². The highest BCUT2D eigenvalue weighted by Gasteiger charge is 2.31. The first kappa shape index (κ1) is 13.2. The minimum absolute atomic E-state index is 0.0535. The molecule has 0 amide bonds. The van der Waals surface area contributed by atoms with Crippen molar-refractivity contribution in [1.82, 2.24) is 4.98 Å². The Bertz CT molecular complexity index is 469. The average Bonchev–Trinajstić information content (AvgIpc) is 2.15. The maximum atomic E-state index is 12.6. The molecule has 0 spiro atoms. The molecule has 0 saturated heterocycles. The summed E-state index contributed by atoms with van der Waals surface area (Å²) >= 11 is 6.55. The quantitative estimate of drug-likeness (QED) is 0.359. The van der Waals surface area contributed by atoms with E-state index >= 15 is 0 Å². The topological polar surface area (TPSA) is 73.1 Å². The third-order valence-electron chi connectivity index (χ3n) is 1.64. The molecule has 0 atom stereocenters. The average molecular weight is 362 g/mol. The predicted molar refractivity (Wildman–Crippen MR) is 58.7 cm³/mol. The van der Waals surface area contributed by atoms with Crippen LogP contribution in [0, 0.1) is 13.7 Å². The molecule has 0 saturated carbocycles. The fourth-order valence-electron chi connectivity index (χ4n) is 1.04. The number of hydrogen-bond acceptors (Lipinski definition) is 4. The SMILES string of the molecule is O=C(Cl)c1c([N+](=O)[O-])ncc(I)c1C(F)F. The van der Waals surface area contributed by atoms with Crippen molar-refractivity contribution in [3.05, 3.63) is 31.0 Å². The molecule has 0 N–H and O–H groups in total. The van der Waals surface area contributed by atoms with Gasteiger partial charge in [-0.1, -0.05) is 0 Å². The van der Waals surface area contributed by atoms with Crippen molar-refractivity contribution in [1.29, 1.82) is 0 Å². The van der Waals surface area contributed by atoms with Crippen molar-refractivity contribution in [2.45, 2.75) is 6.43 Å². The minimum Gasteiger partial charge on any atom is -0.358 e. The summed E-state index contributed by atoms with van der Waals surface area (Å²) in [6.07, 6.45) is -2.14. The molecule has 1 heterocycles. The molecule has 1 aromatic rings. The first-order valence-electron chi connectivity index (χ1n) is 3.67. The van der Waals surface area contributed by atoms with Gasteiger partial charge in [-0.2, -0.15) is 0 Å². The molecule has 16 heavy (non-hydrogen) atoms. The Hall–Kier alpha value is -0.900. The van der Waals surface area contributed by atoms with Crippen LogP contribution in [-0.4, -0.2) is 15.1 Å². The maximum absolute atomic E-state index is 12.6. The van der Waals surface area contributed by atoms with Gasteiger partial charge in [0.15, 0.2) is 6.20 Å². The molecular formula is C7H2ClF2IN2O3. The lowest BCUT2D eigenvalue weighted by Crippen LogP contribution is -2.08. The number of nitro groups is 1. The number of alkyl halides is 2. The van der Waals surface area contributed by atoms with E-state index < -0.39 is 33.5 Å². The smallest absolute Gasteiger partial charge is 0.358 e. The number of halogens is 4. The predicted octanol–water partition coefficient (Wildman–Crippen LogP) is 2.91. The molecular weight excluding hydrogens is 360 g/mol. The van der Waals surface area contributed by atoms with Gasteiger partial charge in [0.1, 0.15) is 5.56 Å². The maximum Gasteiger partial charge on any atom is 0.376 e. The molecule has 0 radical (unpaired) electrons. The van der Waals surface area contributed by atoms with Crippen LogP contribution in [0.5, 0.6) is 0 Å². The van der Waals surface area contributed by atoms with E-state index in [1.807, 2.05) is 0 Å². The summed E-state index contributed by atoms with van der Waals surface area (Å²) in [5.41, 5.74) is -1.61. The third-order valence-corrected chi connectivity index (χ3v) is 2.69. The van der Waals surface area contributed by atoms with Gasteiger partial charge < -0.3 is 10.1 Å². The van der Waals surface area contributed by atoms with Crippen molar-refractivity contribution in [2.24, 2.45) is 0 Å². The van der Waals surface area contributed by atoms with Gasteiger partial charge in [0, 0.05) is 0 Å². The number of aromatic nitrogens is 1. The van der Waals surface area contributed by atoms with E-state index in [2.05, 4.69) is 4.98 Å². The highest BCUT2D eigenvalue weighted by molar-refractivity contribution is 14.1. The molecule has 0 aliphatic rings. The molecule has 1 aromatic heterocycles. The Labute approximate surface area is 106 Å². The molecule has 0 unspecified atom stereocenters. The van der Waals surface area contributed by atoms with Gasteiger partial charge in [-0.15, -0.1) is 0 Å². The minimum atomic E-state index is -3.04. The van der Waals surface area contributed by atoms with Crippen LogP contribution in [0.15, 0.2) is 6.20 Å². The van der Waals surface area contributed by atoms with Crippen LogP contribution in [0.3, 0.4) is 0 Å². The van der Waals surface area contributed by atoms with Crippen LogP contribution in [0.2, 0.25) is 0 Å². The van der Waals surface area contributed by atoms with Crippen molar-refractivity contribution in [2.75, 3.05) is 0 Å². The van der Waals surface area contributed by atoms with Gasteiger partial charge in [-0.25, -0.2) is 8.78 Å². The molecule has 86 valence electrons. The van der Waals surface area contributed by atoms with Crippen LogP contribution < -0.4 is 0 Å². The van der Waals surface area contributed by atoms with E-state index in [1.165, 1.54) is 22.6 Å². The largest absolute Gasteiger partial charge is 0.376 e. The Morgan fingerprint density at radius 3 is 2.56 bits per heavy atom. The molecule has 0 bridgehead atoms. The normalized spacial score (nSPS) is 10.6. The summed E-state index contributed by atoms with van der Waals surface area (Å²) in [4.78, 5) is 23.7. The Morgan fingerprint density at radius 1 is 1.62 bits per heavy atom. The summed E-state index contributed by atoms with van der Waals surface area (Å²) in [5.74, 6) is -0.962. The first-order chi connectivity index (χ1) is 7.36. The fraction of sp³-hybridized carbons (Fsp3) is 0.143. The monoisotopic (exact) mass is 362 g/mol. The second kappa shape index (κ2) is 4.95. The van der Waals surface area contributed by atoms with Gasteiger partial charge in [0.2, 0.25) is 0 Å². The number of carbonyl (C=O) groups is 1. The van der Waals surface area contributed by atoms with Crippen LogP contribution in [-0.2, 0) is 0 Å². The standard InChI is InChI=1S/C7H2ClF2IN2O3/c8-5(14)4-3(6(9)10)2(11)1-12-7(4)13(15)16/h1,6H. The highest BCUT2D eigenvalue weighted by atomic mass is 127. The molecule has 5 nitrogen and oxygen atoms in total. The number of hydrogen-bond donors (Lipinski definition) is 0. The van der Waals surface area contributed by atoms with E-state index in [1.54, 1.807) is 0 Å². The van der Waals surface area contributed by atoms with E-state index in [9.17, 15) is 23.7 Å².